The number of furan rings is 2. The molecule has 4 aromatic heterocycles. The standard InChI is InChI=1S/C69H40N4O2/c1-2-15-45-35-48(32-27-41(45)13-1)67-70-68(49-33-34-54-53-21-8-10-25-62(53)74-64(54)38-49)72-69(71-67)55-23-12-26-63-66(55)58-39-56(44-30-28-43(29-31-44)51-22-11-18-42-14-5-6-19-50(42)51)61(40-65(58)75-63)73-59-24-9-7-20-52(59)57-36-46-16-3-4-17-47(46)37-60(57)73/h1-40H. The zero-order valence-corrected chi connectivity index (χ0v) is 40.2. The van der Waals surface area contributed by atoms with E-state index in [2.05, 4.69) is 211 Å². The molecule has 0 aliphatic carbocycles. The summed E-state index contributed by atoms with van der Waals surface area (Å²) in [5.41, 5.74) is 13.4. The van der Waals surface area contributed by atoms with Gasteiger partial charge in [-0.3, -0.25) is 0 Å². The minimum Gasteiger partial charge on any atom is -0.456 e. The molecule has 12 aromatic carbocycles. The summed E-state index contributed by atoms with van der Waals surface area (Å²) in [6.45, 7) is 0. The lowest BCUT2D eigenvalue weighted by atomic mass is 9.94. The monoisotopic (exact) mass is 956 g/mol. The van der Waals surface area contributed by atoms with E-state index in [-0.39, 0.29) is 0 Å². The van der Waals surface area contributed by atoms with Gasteiger partial charge in [0.15, 0.2) is 17.5 Å². The summed E-state index contributed by atoms with van der Waals surface area (Å²) in [6, 6.07) is 86.0. The Hall–Kier alpha value is -10.2. The van der Waals surface area contributed by atoms with Gasteiger partial charge >= 0.3 is 0 Å². The normalized spacial score (nSPS) is 12.0. The van der Waals surface area contributed by atoms with Gasteiger partial charge in [0.25, 0.3) is 0 Å². The molecule has 6 heteroatoms. The van der Waals surface area contributed by atoms with Crippen LogP contribution in [0.5, 0.6) is 0 Å². The van der Waals surface area contributed by atoms with Crippen molar-refractivity contribution in [3.63, 3.8) is 0 Å². The Morgan fingerprint density at radius 2 is 0.813 bits per heavy atom. The van der Waals surface area contributed by atoms with E-state index in [4.69, 9.17) is 23.8 Å². The molecule has 0 amide bonds. The maximum absolute atomic E-state index is 7.01. The summed E-state index contributed by atoms with van der Waals surface area (Å²) in [5, 5.41) is 13.5. The zero-order valence-electron chi connectivity index (χ0n) is 40.2. The predicted octanol–water partition coefficient (Wildman–Crippen LogP) is 18.6. The van der Waals surface area contributed by atoms with Gasteiger partial charge in [-0.2, -0.15) is 0 Å². The molecule has 0 atom stereocenters. The van der Waals surface area contributed by atoms with Crippen LogP contribution < -0.4 is 0 Å². The number of rotatable bonds is 6. The van der Waals surface area contributed by atoms with Gasteiger partial charge in [0.2, 0.25) is 0 Å². The van der Waals surface area contributed by atoms with Gasteiger partial charge in [-0.15, -0.1) is 0 Å². The third-order valence-electron chi connectivity index (χ3n) is 15.2. The highest BCUT2D eigenvalue weighted by molar-refractivity contribution is 6.17. The van der Waals surface area contributed by atoms with E-state index >= 15 is 0 Å². The first-order valence-electron chi connectivity index (χ1n) is 25.3. The van der Waals surface area contributed by atoms with Crippen molar-refractivity contribution in [2.75, 3.05) is 0 Å². The van der Waals surface area contributed by atoms with Crippen LogP contribution in [0.4, 0.5) is 0 Å². The quantitative estimate of drug-likeness (QED) is 0.166. The Morgan fingerprint density at radius 3 is 1.64 bits per heavy atom. The lowest BCUT2D eigenvalue weighted by Crippen LogP contribution is -2.00. The van der Waals surface area contributed by atoms with E-state index in [1.807, 2.05) is 36.4 Å². The summed E-state index contributed by atoms with van der Waals surface area (Å²) in [7, 11) is 0. The van der Waals surface area contributed by atoms with Gasteiger partial charge in [0.05, 0.1) is 16.7 Å². The van der Waals surface area contributed by atoms with Crippen molar-refractivity contribution in [2.45, 2.75) is 0 Å². The van der Waals surface area contributed by atoms with Gasteiger partial charge < -0.3 is 13.4 Å². The Morgan fingerprint density at radius 1 is 0.267 bits per heavy atom. The fraction of sp³-hybridized carbons (Fsp3) is 0. The van der Waals surface area contributed by atoms with Crippen molar-refractivity contribution in [2.24, 2.45) is 0 Å². The molecule has 0 aliphatic rings. The summed E-state index contributed by atoms with van der Waals surface area (Å²) in [6.07, 6.45) is 0. The zero-order chi connectivity index (χ0) is 49.1. The lowest BCUT2D eigenvalue weighted by molar-refractivity contribution is 0.668. The highest BCUT2D eigenvalue weighted by Gasteiger charge is 2.23. The first-order chi connectivity index (χ1) is 37.1. The number of hydrogen-bond donors (Lipinski definition) is 0. The highest BCUT2D eigenvalue weighted by Crippen LogP contribution is 2.45. The highest BCUT2D eigenvalue weighted by atomic mass is 16.3. The Labute approximate surface area is 429 Å². The van der Waals surface area contributed by atoms with Crippen molar-refractivity contribution in [1.29, 1.82) is 0 Å². The maximum Gasteiger partial charge on any atom is 0.164 e. The first-order valence-corrected chi connectivity index (χ1v) is 25.3. The second-order valence-corrected chi connectivity index (χ2v) is 19.5. The summed E-state index contributed by atoms with van der Waals surface area (Å²) < 4.78 is 15.8. The second kappa shape index (κ2) is 16.2. The van der Waals surface area contributed by atoms with Crippen LogP contribution in [0.25, 0.3) is 160 Å². The van der Waals surface area contributed by atoms with Crippen LogP contribution in [0.2, 0.25) is 0 Å². The lowest BCUT2D eigenvalue weighted by Gasteiger charge is -2.16. The summed E-state index contributed by atoms with van der Waals surface area (Å²) in [4.78, 5) is 15.9. The molecule has 0 N–H and O–H groups in total. The molecule has 0 saturated carbocycles. The molecular weight excluding hydrogens is 917 g/mol. The van der Waals surface area contributed by atoms with Crippen LogP contribution in [0.15, 0.2) is 251 Å². The summed E-state index contributed by atoms with van der Waals surface area (Å²) >= 11 is 0. The van der Waals surface area contributed by atoms with Gasteiger partial charge in [-0.05, 0) is 104 Å². The summed E-state index contributed by atoms with van der Waals surface area (Å²) in [5.74, 6) is 1.66. The minimum atomic E-state index is 0.542. The molecular formula is C69H40N4O2. The molecule has 0 fully saturated rings. The smallest absolute Gasteiger partial charge is 0.164 e. The average molecular weight is 957 g/mol. The minimum absolute atomic E-state index is 0.542. The maximum atomic E-state index is 7.01. The predicted molar refractivity (Wildman–Crippen MR) is 308 cm³/mol. The van der Waals surface area contributed by atoms with E-state index in [1.165, 1.54) is 37.9 Å². The number of benzene rings is 12. The number of para-hydroxylation sites is 2. The van der Waals surface area contributed by atoms with Gasteiger partial charge in [-0.1, -0.05) is 182 Å². The van der Waals surface area contributed by atoms with Crippen molar-refractivity contribution >= 4 is 98.0 Å². The molecule has 75 heavy (non-hydrogen) atoms. The van der Waals surface area contributed by atoms with E-state index in [1.54, 1.807) is 0 Å². The van der Waals surface area contributed by atoms with Crippen molar-refractivity contribution in [1.82, 2.24) is 19.5 Å². The molecule has 0 radical (unpaired) electrons. The first kappa shape index (κ1) is 41.4. The molecule has 4 heterocycles. The molecule has 16 aromatic rings. The molecule has 16 rings (SSSR count). The van der Waals surface area contributed by atoms with Crippen molar-refractivity contribution < 1.29 is 8.83 Å². The molecule has 0 aliphatic heterocycles. The van der Waals surface area contributed by atoms with Crippen LogP contribution in [-0.2, 0) is 0 Å². The SMILES string of the molecule is c1ccc2cc(-c3nc(-c4ccc5c(c4)oc4ccccc45)nc(-c4cccc5oc6cc(-n7c8ccccc8c8cc9ccccc9cc87)c(-c7ccc(-c8cccc9ccccc89)cc7)cc6c45)n3)ccc2c1. The van der Waals surface area contributed by atoms with Crippen molar-refractivity contribution in [3.05, 3.63) is 243 Å². The van der Waals surface area contributed by atoms with Gasteiger partial charge in [0.1, 0.15) is 22.3 Å². The van der Waals surface area contributed by atoms with Crippen LogP contribution in [0.3, 0.4) is 0 Å². The van der Waals surface area contributed by atoms with E-state index in [0.29, 0.717) is 17.5 Å². The van der Waals surface area contributed by atoms with E-state index in [9.17, 15) is 0 Å². The molecule has 0 saturated heterocycles. The van der Waals surface area contributed by atoms with Crippen LogP contribution in [0.1, 0.15) is 0 Å². The number of nitrogens with zero attached hydrogens (tertiary/aromatic N) is 4. The Bertz CT molecular complexity index is 5020. The third-order valence-corrected chi connectivity index (χ3v) is 15.2. The van der Waals surface area contributed by atoms with Gasteiger partial charge in [0, 0.05) is 60.6 Å². The Kier molecular flexibility index (Phi) is 8.94. The third kappa shape index (κ3) is 6.56. The van der Waals surface area contributed by atoms with E-state index < -0.39 is 0 Å². The largest absolute Gasteiger partial charge is 0.456 e. The van der Waals surface area contributed by atoms with Gasteiger partial charge in [-0.25, -0.2) is 15.0 Å². The topological polar surface area (TPSA) is 69.9 Å². The molecule has 0 bridgehead atoms. The molecule has 348 valence electrons. The number of hydrogen-bond acceptors (Lipinski definition) is 5. The molecule has 6 nitrogen and oxygen atoms in total. The van der Waals surface area contributed by atoms with Crippen LogP contribution >= 0.6 is 0 Å². The fourth-order valence-corrected chi connectivity index (χ4v) is 11.6. The molecule has 0 spiro atoms. The van der Waals surface area contributed by atoms with E-state index in [0.717, 1.165) is 105 Å². The van der Waals surface area contributed by atoms with Crippen LogP contribution in [-0.4, -0.2) is 19.5 Å². The average Bonchev–Trinajstić information content (AvgIpc) is 4.16. The molecule has 0 unspecified atom stereocenters. The fourth-order valence-electron chi connectivity index (χ4n) is 11.6. The van der Waals surface area contributed by atoms with Crippen molar-refractivity contribution in [3.8, 4) is 62.1 Å². The number of aromatic nitrogens is 4. The second-order valence-electron chi connectivity index (χ2n) is 19.5. The Balaban J connectivity index is 0.944. The van der Waals surface area contributed by atoms with Crippen LogP contribution in [0, 0.1) is 0 Å². The number of fused-ring (bicyclic) bond motifs is 12.